The van der Waals surface area contributed by atoms with Crippen LogP contribution in [-0.2, 0) is 14.4 Å². The van der Waals surface area contributed by atoms with Crippen molar-refractivity contribution < 1.29 is 44.0 Å². The molecule has 32 heavy (non-hydrogen) atoms. The van der Waals surface area contributed by atoms with E-state index >= 15 is 0 Å². The molecule has 10 heteroatoms. The second kappa shape index (κ2) is 6.89. The number of carbonyl (C=O) groups is 3. The highest BCUT2D eigenvalue weighted by Gasteiger charge is 2.68. The first-order valence-electron chi connectivity index (χ1n) is 11.3. The van der Waals surface area contributed by atoms with Crippen LogP contribution in [0.4, 0.5) is 0 Å². The fourth-order valence-corrected chi connectivity index (χ4v) is 5.44. The molecule has 0 spiro atoms. The summed E-state index contributed by atoms with van der Waals surface area (Å²) in [5, 5.41) is 55.2. The highest BCUT2D eigenvalue weighted by Crippen LogP contribution is 2.55. The summed E-state index contributed by atoms with van der Waals surface area (Å²) >= 11 is 0. The van der Waals surface area contributed by atoms with Gasteiger partial charge >= 0.3 is 0 Å². The number of nitrogens with zero attached hydrogens (tertiary/aromatic N) is 1. The molecular weight excluding hydrogens is 421 g/mol. The van der Waals surface area contributed by atoms with Crippen molar-refractivity contribution in [2.24, 2.45) is 17.6 Å². The highest BCUT2D eigenvalue weighted by molar-refractivity contribution is 6.24. The minimum absolute atomic E-state index is 0.115. The monoisotopic (exact) mass is 448 g/mol. The van der Waals surface area contributed by atoms with Crippen LogP contribution in [0.25, 0.3) is 5.76 Å². The van der Waals surface area contributed by atoms with Crippen LogP contribution in [0, 0.1) is 11.8 Å². The molecule has 1 saturated carbocycles. The van der Waals surface area contributed by atoms with Gasteiger partial charge in [0.15, 0.2) is 11.4 Å². The Balaban J connectivity index is 2.07. The number of Topliss-reactive ketones (excluding diaryl/α,β-unsaturated/α-hetero) is 2. The van der Waals surface area contributed by atoms with E-state index < -0.39 is 82.6 Å². The molecule has 0 aliphatic heterocycles. The zero-order chi connectivity index (χ0) is 26.4. The number of rotatable bonds is 2. The number of phenols is 1. The molecule has 0 unspecified atom stereocenters. The van der Waals surface area contributed by atoms with E-state index in [2.05, 4.69) is 0 Å². The predicted octanol–water partition coefficient (Wildman–Crippen LogP) is -0.504. The zero-order valence-corrected chi connectivity index (χ0v) is 17.1. The molecule has 0 saturated heterocycles. The summed E-state index contributed by atoms with van der Waals surface area (Å²) in [4.78, 5) is 39.6. The molecule has 3 aliphatic rings. The lowest BCUT2D eigenvalue weighted by atomic mass is 9.54. The first kappa shape index (κ1) is 18.4. The Hall–Kier alpha value is -3.21. The number of aliphatic hydroxyl groups excluding tert-OH is 3. The Morgan fingerprint density at radius 2 is 1.91 bits per heavy atom. The molecule has 4 rings (SSSR count). The van der Waals surface area contributed by atoms with Crippen LogP contribution in [-0.4, -0.2) is 79.7 Å². The van der Waals surface area contributed by atoms with Gasteiger partial charge in [-0.05, 0) is 31.6 Å². The predicted molar refractivity (Wildman–Crippen MR) is 110 cm³/mol. The lowest BCUT2D eigenvalue weighted by Crippen LogP contribution is -2.70. The van der Waals surface area contributed by atoms with Crippen molar-refractivity contribution in [3.63, 3.8) is 0 Å². The van der Waals surface area contributed by atoms with Crippen LogP contribution >= 0.6 is 0 Å². The number of nitrogens with two attached hydrogens (primary N) is 1. The van der Waals surface area contributed by atoms with Crippen LogP contribution in [0.3, 0.4) is 0 Å². The van der Waals surface area contributed by atoms with Gasteiger partial charge in [-0.1, -0.05) is 19.1 Å². The van der Waals surface area contributed by atoms with Gasteiger partial charge in [0.25, 0.3) is 5.91 Å². The third-order valence-corrected chi connectivity index (χ3v) is 6.85. The number of primary amides is 1. The minimum atomic E-state index is -3.18. The van der Waals surface area contributed by atoms with E-state index in [0.717, 1.165) is 7.05 Å². The molecule has 0 aromatic heterocycles. The van der Waals surface area contributed by atoms with Crippen LogP contribution in [0.1, 0.15) is 28.1 Å². The third kappa shape index (κ3) is 2.48. The fourth-order valence-electron chi connectivity index (χ4n) is 5.44. The van der Waals surface area contributed by atoms with Gasteiger partial charge < -0.3 is 31.3 Å². The summed E-state index contributed by atoms with van der Waals surface area (Å²) in [6.45, 7) is -1.40. The van der Waals surface area contributed by atoms with Crippen LogP contribution in [0.15, 0.2) is 35.1 Å². The average molecular weight is 448 g/mol. The van der Waals surface area contributed by atoms with Crippen LogP contribution < -0.4 is 5.73 Å². The maximum Gasteiger partial charge on any atom is 0.255 e. The summed E-state index contributed by atoms with van der Waals surface area (Å²) in [5.41, 5.74) is 0.563. The molecule has 170 valence electrons. The smallest absolute Gasteiger partial charge is 0.255 e. The first-order chi connectivity index (χ1) is 16.1. The quantitative estimate of drug-likeness (QED) is 0.256. The van der Waals surface area contributed by atoms with Gasteiger partial charge in [-0.2, -0.15) is 0 Å². The maximum atomic E-state index is 13.8. The number of amides is 1. The third-order valence-electron chi connectivity index (χ3n) is 6.85. The summed E-state index contributed by atoms with van der Waals surface area (Å²) in [5.74, 6) is -10.7. The van der Waals surface area contributed by atoms with Crippen LogP contribution in [0.2, 0.25) is 0 Å². The van der Waals surface area contributed by atoms with E-state index in [1.165, 1.54) is 12.1 Å². The molecule has 10 nitrogen and oxygen atoms in total. The molecule has 1 aromatic carbocycles. The molecule has 1 aromatic rings. The van der Waals surface area contributed by atoms with Gasteiger partial charge in [-0.3, -0.25) is 19.3 Å². The number of aliphatic hydroxyl groups is 4. The molecule has 0 heterocycles. The molecule has 7 N–H and O–H groups in total. The number of fused-ring (bicyclic) bond motifs is 3. The Morgan fingerprint density at radius 3 is 2.50 bits per heavy atom. The average Bonchev–Trinajstić information content (AvgIpc) is 2.75. The number of benzene rings is 1. The van der Waals surface area contributed by atoms with E-state index in [4.69, 9.17) is 9.85 Å². The fraction of sp³-hybridized carbons (Fsp3) is 0.409. The van der Waals surface area contributed by atoms with Crippen molar-refractivity contribution in [3.8, 4) is 5.75 Å². The number of hydrogen-bond donors (Lipinski definition) is 6. The minimum Gasteiger partial charge on any atom is -0.508 e. The normalized spacial score (nSPS) is 36.2. The van der Waals surface area contributed by atoms with Crippen molar-refractivity contribution >= 4 is 23.2 Å². The van der Waals surface area contributed by atoms with E-state index in [-0.39, 0.29) is 11.3 Å². The molecule has 1 fully saturated rings. The summed E-state index contributed by atoms with van der Waals surface area (Å²) in [6.07, 6.45) is -1.87. The second-order valence-corrected chi connectivity index (χ2v) is 8.44. The van der Waals surface area contributed by atoms with E-state index in [1.54, 1.807) is 13.0 Å². The number of likely N-dealkylation sites (N-methyl/N-ethyl adjacent to an activating group) is 1. The van der Waals surface area contributed by atoms with Crippen molar-refractivity contribution in [2.75, 3.05) is 14.0 Å². The Kier molecular flexibility index (Phi) is 3.96. The van der Waals surface area contributed by atoms with Crippen molar-refractivity contribution in [1.82, 2.24) is 4.90 Å². The van der Waals surface area contributed by atoms with Crippen molar-refractivity contribution in [1.29, 1.82) is 0 Å². The van der Waals surface area contributed by atoms with Crippen LogP contribution in [0.5, 0.6) is 5.75 Å². The Morgan fingerprint density at radius 1 is 1.25 bits per heavy atom. The lowest BCUT2D eigenvalue weighted by Gasteiger charge is -2.53. The maximum absolute atomic E-state index is 13.8. The van der Waals surface area contributed by atoms with Gasteiger partial charge in [0, 0.05) is 15.6 Å². The molecule has 0 bridgehead atoms. The van der Waals surface area contributed by atoms with Gasteiger partial charge in [-0.15, -0.1) is 0 Å². The van der Waals surface area contributed by atoms with Gasteiger partial charge in [0.1, 0.15) is 22.8 Å². The van der Waals surface area contributed by atoms with E-state index in [9.17, 15) is 39.9 Å². The summed E-state index contributed by atoms with van der Waals surface area (Å²) < 4.78 is 23.2. The molecule has 0 radical (unpaired) electrons. The topological polar surface area (TPSA) is 182 Å². The zero-order valence-electron chi connectivity index (χ0n) is 20.1. The summed E-state index contributed by atoms with van der Waals surface area (Å²) in [6, 6.07) is 2.32. The van der Waals surface area contributed by atoms with Gasteiger partial charge in [0.05, 0.1) is 23.6 Å². The van der Waals surface area contributed by atoms with Gasteiger partial charge in [-0.25, -0.2) is 0 Å². The van der Waals surface area contributed by atoms with Crippen molar-refractivity contribution in [2.45, 2.75) is 30.6 Å². The first-order valence-corrected chi connectivity index (χ1v) is 9.79. The highest BCUT2D eigenvalue weighted by atomic mass is 16.4. The van der Waals surface area contributed by atoms with E-state index in [0.29, 0.717) is 10.5 Å². The largest absolute Gasteiger partial charge is 0.508 e. The standard InChI is InChI=1S/C22H24N2O8/c1-7-8-5-4-6-9(25)11(8)16(26)12-10(7)17(27)14-15(24(2)3)18(28)13(21(23)31)20(30)22(14,32)19(12)29/h4-7,10,14-15,17,25-27,30,32H,1-3H3,(H2,23,31)/t7-,10+,14+,15-,17-,22-/m0/s1/i2+1D3. The molecule has 6 atom stereocenters. The summed E-state index contributed by atoms with van der Waals surface area (Å²) in [7, 11) is 0.981. The number of carbonyl (C=O) groups excluding carboxylic acids is 3. The number of phenolic OH excluding ortho intramolecular Hbond substituents is 1. The molecule has 1 amide bonds. The number of aromatic hydroxyl groups is 1. The van der Waals surface area contributed by atoms with E-state index in [1.807, 2.05) is 0 Å². The second-order valence-electron chi connectivity index (χ2n) is 8.44. The molecule has 3 aliphatic carbocycles. The lowest BCUT2D eigenvalue weighted by molar-refractivity contribution is -0.169. The number of hydrogen-bond acceptors (Lipinski definition) is 9. The van der Waals surface area contributed by atoms with Crippen molar-refractivity contribution in [3.05, 3.63) is 46.2 Å². The number of ketones is 2. The Labute approximate surface area is 187 Å². The SMILES string of the molecule is [2H][13C]([2H])([2H])N(C)[C@@H]1C(=O)C(C(N)=O)=C(O)[C@@]2(O)C(=O)C3=C(O)c4c(O)cccc4[C@H](C)[C@H]3[C@H](O)[C@@H]12. The molecular formula is C22H24N2O8. The Bertz CT molecular complexity index is 1240. The van der Waals surface area contributed by atoms with Gasteiger partial charge in [0.2, 0.25) is 5.78 Å².